The summed E-state index contributed by atoms with van der Waals surface area (Å²) in [5.74, 6) is -0.289. The molecular formula is C27H32FN5OS. The Morgan fingerprint density at radius 3 is 2.60 bits per heavy atom. The predicted molar refractivity (Wildman–Crippen MR) is 140 cm³/mol. The zero-order chi connectivity index (χ0) is 24.4. The third kappa shape index (κ3) is 4.83. The number of pyridine rings is 1. The van der Waals surface area contributed by atoms with E-state index in [9.17, 15) is 4.39 Å². The van der Waals surface area contributed by atoms with Crippen LogP contribution in [0.5, 0.6) is 0 Å². The number of benzene rings is 1. The Morgan fingerprint density at radius 1 is 1.09 bits per heavy atom. The maximum atomic E-state index is 15.0. The molecular weight excluding hydrogens is 461 g/mol. The zero-order valence-electron chi connectivity index (χ0n) is 20.3. The molecule has 0 saturated carbocycles. The Kier molecular flexibility index (Phi) is 7.13. The molecule has 0 spiro atoms. The average Bonchev–Trinajstić information content (AvgIpc) is 3.36. The van der Waals surface area contributed by atoms with Gasteiger partial charge in [0.15, 0.2) is 5.11 Å². The monoisotopic (exact) mass is 493 g/mol. The first-order valence-corrected chi connectivity index (χ1v) is 12.7. The third-order valence-electron chi connectivity index (χ3n) is 7.10. The molecule has 0 amide bonds. The Labute approximate surface area is 211 Å². The summed E-state index contributed by atoms with van der Waals surface area (Å²) in [5.41, 5.74) is 4.88. The van der Waals surface area contributed by atoms with Crippen LogP contribution in [0.25, 0.3) is 0 Å². The minimum absolute atomic E-state index is 0.189. The van der Waals surface area contributed by atoms with E-state index in [1.807, 2.05) is 29.2 Å². The summed E-state index contributed by atoms with van der Waals surface area (Å²) in [6.45, 7) is 9.95. The molecule has 2 fully saturated rings. The molecule has 0 radical (unpaired) electrons. The van der Waals surface area contributed by atoms with Gasteiger partial charge in [0.1, 0.15) is 5.82 Å². The van der Waals surface area contributed by atoms with Crippen LogP contribution < -0.4 is 10.2 Å². The summed E-state index contributed by atoms with van der Waals surface area (Å²) in [6.07, 6.45) is 2.86. The Balaban J connectivity index is 1.48. The van der Waals surface area contributed by atoms with Crippen LogP contribution in [0, 0.1) is 19.7 Å². The van der Waals surface area contributed by atoms with Crippen LogP contribution >= 0.6 is 12.2 Å². The molecule has 2 aliphatic rings. The van der Waals surface area contributed by atoms with E-state index in [1.54, 1.807) is 18.3 Å². The van der Waals surface area contributed by atoms with E-state index in [4.69, 9.17) is 17.0 Å². The minimum atomic E-state index is -0.289. The van der Waals surface area contributed by atoms with Gasteiger partial charge in [-0.05, 0) is 68.4 Å². The van der Waals surface area contributed by atoms with Gasteiger partial charge in [0.2, 0.25) is 0 Å². The van der Waals surface area contributed by atoms with E-state index >= 15 is 0 Å². The van der Waals surface area contributed by atoms with E-state index in [1.165, 1.54) is 17.5 Å². The van der Waals surface area contributed by atoms with Crippen molar-refractivity contribution in [3.8, 4) is 0 Å². The van der Waals surface area contributed by atoms with Crippen molar-refractivity contribution < 1.29 is 9.13 Å². The van der Waals surface area contributed by atoms with Crippen LogP contribution in [0.4, 0.5) is 10.1 Å². The largest absolute Gasteiger partial charge is 0.379 e. The number of nitrogens with one attached hydrogen (secondary N) is 1. The first kappa shape index (κ1) is 23.9. The van der Waals surface area contributed by atoms with Gasteiger partial charge in [-0.2, -0.15) is 0 Å². The standard InChI is InChI=1S/C27H32FN5OS/c1-19-18-21(20(2)32(19)13-7-12-31-14-16-34-17-15-31)26-25(23-9-5-6-11-29-23)30-27(35)33(26)24-10-4-3-8-22(24)28/h3-6,8-11,18,25-26H,7,12-17H2,1-2H3,(H,30,35). The van der Waals surface area contributed by atoms with Crippen molar-refractivity contribution in [1.82, 2.24) is 19.8 Å². The van der Waals surface area contributed by atoms with Crippen LogP contribution in [0.3, 0.4) is 0 Å². The number of hydrogen-bond acceptors (Lipinski definition) is 4. The summed E-state index contributed by atoms with van der Waals surface area (Å²) >= 11 is 5.76. The number of aromatic nitrogens is 2. The molecule has 2 saturated heterocycles. The van der Waals surface area contributed by atoms with Crippen LogP contribution in [-0.2, 0) is 11.3 Å². The lowest BCUT2D eigenvalue weighted by Gasteiger charge is -2.28. The number of aryl methyl sites for hydroxylation is 1. The molecule has 35 heavy (non-hydrogen) atoms. The lowest BCUT2D eigenvalue weighted by Crippen LogP contribution is -2.37. The van der Waals surface area contributed by atoms with Gasteiger partial charge < -0.3 is 19.5 Å². The predicted octanol–water partition coefficient (Wildman–Crippen LogP) is 4.54. The Hall–Kier alpha value is -2.81. The average molecular weight is 494 g/mol. The van der Waals surface area contributed by atoms with Gasteiger partial charge in [-0.1, -0.05) is 18.2 Å². The number of hydrogen-bond donors (Lipinski definition) is 1. The molecule has 0 aliphatic carbocycles. The van der Waals surface area contributed by atoms with E-state index in [0.717, 1.165) is 57.1 Å². The molecule has 1 N–H and O–H groups in total. The van der Waals surface area contributed by atoms with Crippen molar-refractivity contribution in [2.24, 2.45) is 0 Å². The summed E-state index contributed by atoms with van der Waals surface area (Å²) in [7, 11) is 0. The number of rotatable bonds is 7. The van der Waals surface area contributed by atoms with Gasteiger partial charge in [-0.15, -0.1) is 0 Å². The highest BCUT2D eigenvalue weighted by molar-refractivity contribution is 7.80. The van der Waals surface area contributed by atoms with E-state index in [0.29, 0.717) is 10.8 Å². The molecule has 2 atom stereocenters. The van der Waals surface area contributed by atoms with Crippen molar-refractivity contribution >= 4 is 23.0 Å². The number of nitrogens with zero attached hydrogens (tertiary/aromatic N) is 4. The second kappa shape index (κ2) is 10.4. The van der Waals surface area contributed by atoms with E-state index < -0.39 is 0 Å². The van der Waals surface area contributed by atoms with Crippen molar-refractivity contribution in [3.63, 3.8) is 0 Å². The van der Waals surface area contributed by atoms with Gasteiger partial charge in [0, 0.05) is 43.8 Å². The number of morpholine rings is 1. The minimum Gasteiger partial charge on any atom is -0.379 e. The van der Waals surface area contributed by atoms with E-state index in [2.05, 4.69) is 39.7 Å². The zero-order valence-corrected chi connectivity index (χ0v) is 21.1. The fraction of sp³-hybridized carbons (Fsp3) is 0.407. The van der Waals surface area contributed by atoms with Crippen molar-refractivity contribution in [1.29, 1.82) is 0 Å². The van der Waals surface area contributed by atoms with Crippen molar-refractivity contribution in [2.75, 3.05) is 37.7 Å². The molecule has 1 aromatic carbocycles. The summed E-state index contributed by atoms with van der Waals surface area (Å²) in [5, 5.41) is 3.94. The van der Waals surface area contributed by atoms with Gasteiger partial charge in [0.05, 0.1) is 36.7 Å². The van der Waals surface area contributed by atoms with Gasteiger partial charge >= 0.3 is 0 Å². The molecule has 4 heterocycles. The molecule has 3 aromatic rings. The topological polar surface area (TPSA) is 45.6 Å². The van der Waals surface area contributed by atoms with Crippen LogP contribution in [0.1, 0.15) is 41.1 Å². The van der Waals surface area contributed by atoms with Gasteiger partial charge in [-0.25, -0.2) is 4.39 Å². The maximum Gasteiger partial charge on any atom is 0.174 e. The highest BCUT2D eigenvalue weighted by atomic mass is 32.1. The molecule has 0 bridgehead atoms. The fourth-order valence-corrected chi connectivity index (χ4v) is 5.66. The molecule has 2 aliphatic heterocycles. The van der Waals surface area contributed by atoms with Crippen LogP contribution in [0.15, 0.2) is 54.7 Å². The lowest BCUT2D eigenvalue weighted by molar-refractivity contribution is 0.0369. The lowest BCUT2D eigenvalue weighted by atomic mass is 9.96. The molecule has 5 rings (SSSR count). The quantitative estimate of drug-likeness (QED) is 0.488. The van der Waals surface area contributed by atoms with Crippen LogP contribution in [0.2, 0.25) is 0 Å². The number of para-hydroxylation sites is 1. The first-order valence-electron chi connectivity index (χ1n) is 12.3. The maximum absolute atomic E-state index is 15.0. The molecule has 2 unspecified atom stereocenters. The molecule has 8 heteroatoms. The smallest absolute Gasteiger partial charge is 0.174 e. The Bertz CT molecular complexity index is 1180. The number of ether oxygens (including phenoxy) is 1. The summed E-state index contributed by atoms with van der Waals surface area (Å²) in [4.78, 5) is 9.00. The molecule has 2 aromatic heterocycles. The number of halogens is 1. The SMILES string of the molecule is Cc1cc(C2C(c3ccccn3)NC(=S)N2c2ccccc2F)c(C)n1CCCN1CCOCC1. The van der Waals surface area contributed by atoms with E-state index in [-0.39, 0.29) is 17.9 Å². The normalized spacial score (nSPS) is 20.9. The van der Waals surface area contributed by atoms with Crippen molar-refractivity contribution in [3.05, 3.63) is 83.2 Å². The van der Waals surface area contributed by atoms with Gasteiger partial charge in [0.25, 0.3) is 0 Å². The second-order valence-corrected chi connectivity index (χ2v) is 9.62. The summed E-state index contributed by atoms with van der Waals surface area (Å²) in [6, 6.07) is 14.5. The number of thiocarbonyl (C=S) groups is 1. The second-order valence-electron chi connectivity index (χ2n) is 9.23. The molecule has 6 nitrogen and oxygen atoms in total. The number of anilines is 1. The molecule has 184 valence electrons. The summed E-state index contributed by atoms with van der Waals surface area (Å²) < 4.78 is 22.9. The highest BCUT2D eigenvalue weighted by Crippen LogP contribution is 2.43. The van der Waals surface area contributed by atoms with Gasteiger partial charge in [-0.3, -0.25) is 9.88 Å². The third-order valence-corrected chi connectivity index (χ3v) is 7.42. The highest BCUT2D eigenvalue weighted by Gasteiger charge is 2.43. The van der Waals surface area contributed by atoms with Crippen LogP contribution in [-0.4, -0.2) is 52.4 Å². The van der Waals surface area contributed by atoms with Crippen molar-refractivity contribution in [2.45, 2.75) is 38.9 Å². The Morgan fingerprint density at radius 2 is 1.86 bits per heavy atom. The fourth-order valence-electron chi connectivity index (χ4n) is 5.33. The first-order chi connectivity index (χ1) is 17.0.